The standard InChI is InChI=1S/C20H29F3N6O/c21-16-17(24)25-12-26-18(16)28-9-1-3-14(11-28)29-10-2-4-15(19(29)30)27-13-5-7-20(22,23)8-6-13/h12-15,27H,1-11H2,(H2,24,25,26). The van der Waals surface area contributed by atoms with Crippen molar-refractivity contribution in [1.82, 2.24) is 20.2 Å². The molecule has 30 heavy (non-hydrogen) atoms. The van der Waals surface area contributed by atoms with Gasteiger partial charge in [0.1, 0.15) is 6.33 Å². The Morgan fingerprint density at radius 2 is 1.83 bits per heavy atom. The number of likely N-dealkylation sites (tertiary alicyclic amines) is 1. The summed E-state index contributed by atoms with van der Waals surface area (Å²) < 4.78 is 41.2. The van der Waals surface area contributed by atoms with Crippen LogP contribution in [0.1, 0.15) is 51.4 Å². The van der Waals surface area contributed by atoms with E-state index in [0.29, 0.717) is 32.5 Å². The molecule has 10 heteroatoms. The zero-order valence-electron chi connectivity index (χ0n) is 17.0. The monoisotopic (exact) mass is 426 g/mol. The maximum atomic E-state index is 14.4. The highest BCUT2D eigenvalue weighted by atomic mass is 19.3. The predicted octanol–water partition coefficient (Wildman–Crippen LogP) is 2.33. The van der Waals surface area contributed by atoms with E-state index >= 15 is 0 Å². The zero-order valence-corrected chi connectivity index (χ0v) is 17.0. The average Bonchev–Trinajstić information content (AvgIpc) is 2.73. The molecular weight excluding hydrogens is 397 g/mol. The van der Waals surface area contributed by atoms with E-state index in [0.717, 1.165) is 25.7 Å². The van der Waals surface area contributed by atoms with Crippen molar-refractivity contribution in [3.63, 3.8) is 0 Å². The van der Waals surface area contributed by atoms with E-state index in [1.807, 2.05) is 9.80 Å². The summed E-state index contributed by atoms with van der Waals surface area (Å²) in [6.45, 7) is 1.79. The second-order valence-corrected chi connectivity index (χ2v) is 8.66. The summed E-state index contributed by atoms with van der Waals surface area (Å²) in [6.07, 6.45) is 5.01. The molecule has 1 aliphatic carbocycles. The third kappa shape index (κ3) is 4.48. The van der Waals surface area contributed by atoms with Crippen molar-refractivity contribution in [2.45, 2.75) is 75.4 Å². The van der Waals surface area contributed by atoms with Crippen molar-refractivity contribution in [2.24, 2.45) is 0 Å². The fourth-order valence-electron chi connectivity index (χ4n) is 4.90. The quantitative estimate of drug-likeness (QED) is 0.769. The molecule has 2 aliphatic heterocycles. The van der Waals surface area contributed by atoms with Crippen molar-refractivity contribution in [2.75, 3.05) is 30.3 Å². The van der Waals surface area contributed by atoms with Gasteiger partial charge in [-0.05, 0) is 38.5 Å². The van der Waals surface area contributed by atoms with Crippen LogP contribution in [0.5, 0.6) is 0 Å². The number of nitrogen functional groups attached to an aromatic ring is 1. The van der Waals surface area contributed by atoms with Gasteiger partial charge in [0.25, 0.3) is 0 Å². The van der Waals surface area contributed by atoms with E-state index in [9.17, 15) is 18.0 Å². The van der Waals surface area contributed by atoms with Gasteiger partial charge in [0.05, 0.1) is 6.04 Å². The molecule has 7 nitrogen and oxygen atoms in total. The van der Waals surface area contributed by atoms with E-state index in [1.54, 1.807) is 0 Å². The van der Waals surface area contributed by atoms with Crippen molar-refractivity contribution < 1.29 is 18.0 Å². The van der Waals surface area contributed by atoms with Crippen LogP contribution in [0.2, 0.25) is 0 Å². The highest BCUT2D eigenvalue weighted by Gasteiger charge is 2.39. The first kappa shape index (κ1) is 21.1. The molecule has 2 unspecified atom stereocenters. The first-order valence-corrected chi connectivity index (χ1v) is 10.8. The summed E-state index contributed by atoms with van der Waals surface area (Å²) in [6, 6.07) is -0.418. The van der Waals surface area contributed by atoms with Crippen molar-refractivity contribution >= 4 is 17.5 Å². The molecule has 1 amide bonds. The number of hydrogen-bond donors (Lipinski definition) is 2. The number of carbonyl (C=O) groups excluding carboxylic acids is 1. The van der Waals surface area contributed by atoms with E-state index < -0.39 is 11.7 Å². The Balaban J connectivity index is 1.39. The maximum Gasteiger partial charge on any atom is 0.248 e. The Morgan fingerprint density at radius 1 is 1.10 bits per heavy atom. The van der Waals surface area contributed by atoms with E-state index in [2.05, 4.69) is 15.3 Å². The minimum Gasteiger partial charge on any atom is -0.381 e. The Hall–Kier alpha value is -2.10. The third-order valence-corrected chi connectivity index (χ3v) is 6.56. The number of piperidine rings is 2. The first-order chi connectivity index (χ1) is 14.3. The van der Waals surface area contributed by atoms with Crippen LogP contribution in [0.25, 0.3) is 0 Å². The molecule has 2 atom stereocenters. The number of nitrogens with two attached hydrogens (primary N) is 1. The van der Waals surface area contributed by atoms with Crippen LogP contribution >= 0.6 is 0 Å². The predicted molar refractivity (Wildman–Crippen MR) is 107 cm³/mol. The summed E-state index contributed by atoms with van der Waals surface area (Å²) in [5.41, 5.74) is 5.58. The smallest absolute Gasteiger partial charge is 0.248 e. The summed E-state index contributed by atoms with van der Waals surface area (Å²) in [4.78, 5) is 24.6. The molecule has 3 fully saturated rings. The van der Waals surface area contributed by atoms with Gasteiger partial charge in [0, 0.05) is 44.6 Å². The topological polar surface area (TPSA) is 87.4 Å². The number of alkyl halides is 2. The lowest BCUT2D eigenvalue weighted by molar-refractivity contribution is -0.139. The molecule has 0 radical (unpaired) electrons. The number of carbonyl (C=O) groups is 1. The molecule has 3 N–H and O–H groups in total. The van der Waals surface area contributed by atoms with Crippen molar-refractivity contribution in [3.05, 3.63) is 12.1 Å². The van der Waals surface area contributed by atoms with Crippen LogP contribution in [-0.2, 0) is 4.79 Å². The largest absolute Gasteiger partial charge is 0.381 e. The van der Waals surface area contributed by atoms with Gasteiger partial charge in [-0.2, -0.15) is 4.39 Å². The number of hydrogen-bond acceptors (Lipinski definition) is 6. The fourth-order valence-corrected chi connectivity index (χ4v) is 4.90. The number of aromatic nitrogens is 2. The van der Waals surface area contributed by atoms with E-state index in [4.69, 9.17) is 5.73 Å². The van der Waals surface area contributed by atoms with Gasteiger partial charge < -0.3 is 20.9 Å². The normalized spacial score (nSPS) is 28.0. The second-order valence-electron chi connectivity index (χ2n) is 8.66. The minimum atomic E-state index is -2.58. The highest BCUT2D eigenvalue weighted by Crippen LogP contribution is 2.34. The molecule has 2 saturated heterocycles. The lowest BCUT2D eigenvalue weighted by atomic mass is 9.90. The van der Waals surface area contributed by atoms with Crippen LogP contribution in [0.15, 0.2) is 6.33 Å². The minimum absolute atomic E-state index is 0.0214. The van der Waals surface area contributed by atoms with E-state index in [1.165, 1.54) is 6.33 Å². The Morgan fingerprint density at radius 3 is 2.60 bits per heavy atom. The van der Waals surface area contributed by atoms with Crippen molar-refractivity contribution in [1.29, 1.82) is 0 Å². The second kappa shape index (κ2) is 8.56. The van der Waals surface area contributed by atoms with Crippen LogP contribution in [-0.4, -0.2) is 64.5 Å². The van der Waals surface area contributed by atoms with Gasteiger partial charge in [-0.25, -0.2) is 18.7 Å². The number of nitrogens with zero attached hydrogens (tertiary/aromatic N) is 4. The molecule has 166 valence electrons. The number of amides is 1. The SMILES string of the molecule is Nc1ncnc(N2CCCC(N3CCCC(NC4CCC(F)(F)CC4)C3=O)C2)c1F. The summed E-state index contributed by atoms with van der Waals surface area (Å²) in [7, 11) is 0. The molecule has 0 bridgehead atoms. The van der Waals surface area contributed by atoms with Gasteiger partial charge in [0.2, 0.25) is 17.6 Å². The number of anilines is 2. The number of halogens is 3. The summed E-state index contributed by atoms with van der Waals surface area (Å²) >= 11 is 0. The number of rotatable bonds is 4. The molecule has 0 aromatic carbocycles. The third-order valence-electron chi connectivity index (χ3n) is 6.56. The van der Waals surface area contributed by atoms with E-state index in [-0.39, 0.29) is 48.5 Å². The molecule has 3 heterocycles. The van der Waals surface area contributed by atoms with Gasteiger partial charge >= 0.3 is 0 Å². The molecule has 0 spiro atoms. The molecule has 4 rings (SSSR count). The molecule has 3 aliphatic rings. The lowest BCUT2D eigenvalue weighted by Gasteiger charge is -2.44. The fraction of sp³-hybridized carbons (Fsp3) is 0.750. The summed E-state index contributed by atoms with van der Waals surface area (Å²) in [5, 5.41) is 3.34. The first-order valence-electron chi connectivity index (χ1n) is 10.8. The zero-order chi connectivity index (χ0) is 21.3. The van der Waals surface area contributed by atoms with Gasteiger partial charge in [-0.1, -0.05) is 0 Å². The molecule has 1 aromatic heterocycles. The molecule has 1 saturated carbocycles. The molecule has 1 aromatic rings. The Bertz CT molecular complexity index is 769. The van der Waals surface area contributed by atoms with Gasteiger partial charge in [0.15, 0.2) is 11.6 Å². The average molecular weight is 426 g/mol. The van der Waals surface area contributed by atoms with Crippen LogP contribution in [0.3, 0.4) is 0 Å². The lowest BCUT2D eigenvalue weighted by Crippen LogP contribution is -2.59. The Labute approximate surface area is 174 Å². The van der Waals surface area contributed by atoms with Gasteiger partial charge in [-0.3, -0.25) is 4.79 Å². The maximum absolute atomic E-state index is 14.4. The van der Waals surface area contributed by atoms with Gasteiger partial charge in [-0.15, -0.1) is 0 Å². The van der Waals surface area contributed by atoms with Crippen molar-refractivity contribution in [3.8, 4) is 0 Å². The van der Waals surface area contributed by atoms with Crippen LogP contribution in [0.4, 0.5) is 24.8 Å². The molecular formula is C20H29F3N6O. The van der Waals surface area contributed by atoms with Crippen LogP contribution in [0, 0.1) is 5.82 Å². The van der Waals surface area contributed by atoms with Crippen LogP contribution < -0.4 is 16.0 Å². The summed E-state index contributed by atoms with van der Waals surface area (Å²) in [5.74, 6) is -3.19. The number of nitrogens with one attached hydrogen (secondary N) is 1. The Kier molecular flexibility index (Phi) is 6.04. The highest BCUT2D eigenvalue weighted by molar-refractivity contribution is 5.83.